The molecule has 0 amide bonds. The van der Waals surface area contributed by atoms with E-state index >= 15 is 0 Å². The van der Waals surface area contributed by atoms with Gasteiger partial charge < -0.3 is 0 Å². The highest BCUT2D eigenvalue weighted by molar-refractivity contribution is 7.51. The van der Waals surface area contributed by atoms with Crippen molar-refractivity contribution in [2.24, 2.45) is 0 Å². The van der Waals surface area contributed by atoms with Crippen molar-refractivity contribution in [1.29, 1.82) is 0 Å². The second-order valence-electron chi connectivity index (χ2n) is 1.42. The molecule has 0 aromatic heterocycles. The molecule has 0 radical (unpaired) electrons. The Kier molecular flexibility index (Phi) is 21.2. The average Bonchev–Trinajstić information content (AvgIpc) is 1.71. The van der Waals surface area contributed by atoms with Gasteiger partial charge >= 0.3 is 11.6 Å². The van der Waals surface area contributed by atoms with Gasteiger partial charge in [0.2, 0.25) is 0 Å². The first-order valence-corrected chi connectivity index (χ1v) is 3.41. The lowest BCUT2D eigenvalue weighted by atomic mass is 10.3. The zero-order valence-electron chi connectivity index (χ0n) is 5.35. The Morgan fingerprint density at radius 2 is 1.38 bits per heavy atom. The third-order valence-corrected chi connectivity index (χ3v) is 0.707. The van der Waals surface area contributed by atoms with Gasteiger partial charge in [0.05, 0.1) is 0 Å². The predicted octanol–water partition coefficient (Wildman–Crippen LogP) is 1.53. The molecule has 0 rings (SSSR count). The molecule has 0 saturated heterocycles. The van der Waals surface area contributed by atoms with Gasteiger partial charge in [0.15, 0.2) is 0 Å². The summed E-state index contributed by atoms with van der Waals surface area (Å²) in [7, 11) is 0. The van der Waals surface area contributed by atoms with E-state index in [4.69, 9.17) is 8.42 Å². The van der Waals surface area contributed by atoms with Crippen LogP contribution in [0.4, 0.5) is 0 Å². The first-order chi connectivity index (χ1) is 3.83. The van der Waals surface area contributed by atoms with Crippen molar-refractivity contribution in [2.75, 3.05) is 0 Å². The van der Waals surface area contributed by atoms with Gasteiger partial charge in [0.1, 0.15) is 0 Å². The fourth-order valence-electron chi connectivity index (χ4n) is 0.354. The average molecular weight is 136 g/mol. The van der Waals surface area contributed by atoms with Gasteiger partial charge in [-0.05, 0) is 0 Å². The third-order valence-electron chi connectivity index (χ3n) is 0.707. The molecular formula is C5H12O2S. The summed E-state index contributed by atoms with van der Waals surface area (Å²) in [6, 6.07) is 0. The van der Waals surface area contributed by atoms with Gasteiger partial charge in [-0.15, -0.1) is 0 Å². The monoisotopic (exact) mass is 136 g/mol. The van der Waals surface area contributed by atoms with Crippen molar-refractivity contribution in [3.63, 3.8) is 0 Å². The van der Waals surface area contributed by atoms with Crippen LogP contribution < -0.4 is 0 Å². The van der Waals surface area contributed by atoms with Gasteiger partial charge in [-0.1, -0.05) is 33.1 Å². The molecule has 0 N–H and O–H groups in total. The van der Waals surface area contributed by atoms with Crippen LogP contribution in [0.1, 0.15) is 33.1 Å². The van der Waals surface area contributed by atoms with Gasteiger partial charge in [-0.2, -0.15) is 8.42 Å². The maximum absolute atomic E-state index is 8.29. The van der Waals surface area contributed by atoms with Crippen molar-refractivity contribution in [3.05, 3.63) is 0 Å². The van der Waals surface area contributed by atoms with E-state index in [1.165, 1.54) is 19.3 Å². The summed E-state index contributed by atoms with van der Waals surface area (Å²) in [5, 5.41) is 0. The maximum Gasteiger partial charge on any atom is 0.335 e. The molecule has 0 bridgehead atoms. The Bertz CT molecular complexity index is 55.4. The van der Waals surface area contributed by atoms with Crippen LogP contribution in [0.25, 0.3) is 0 Å². The van der Waals surface area contributed by atoms with Crippen LogP contribution in [0.5, 0.6) is 0 Å². The Labute approximate surface area is 53.9 Å². The largest absolute Gasteiger partial charge is 0.335 e. The molecule has 3 heteroatoms. The molecule has 0 fully saturated rings. The molecule has 0 aromatic carbocycles. The number of hydrogen-bond donors (Lipinski definition) is 0. The first kappa shape index (κ1) is 10.7. The summed E-state index contributed by atoms with van der Waals surface area (Å²) >= 11 is -0.750. The van der Waals surface area contributed by atoms with E-state index in [1.807, 2.05) is 0 Å². The summed E-state index contributed by atoms with van der Waals surface area (Å²) in [5.41, 5.74) is 0. The van der Waals surface area contributed by atoms with E-state index < -0.39 is 11.6 Å². The molecule has 0 atom stereocenters. The molecule has 0 heterocycles. The molecule has 0 aliphatic rings. The van der Waals surface area contributed by atoms with E-state index in [9.17, 15) is 0 Å². The van der Waals surface area contributed by atoms with Crippen molar-refractivity contribution < 1.29 is 8.42 Å². The topological polar surface area (TPSA) is 34.1 Å². The zero-order valence-corrected chi connectivity index (χ0v) is 6.16. The number of rotatable bonds is 2. The lowest BCUT2D eigenvalue weighted by Crippen LogP contribution is -1.59. The summed E-state index contributed by atoms with van der Waals surface area (Å²) in [5.74, 6) is 0. The van der Waals surface area contributed by atoms with Crippen molar-refractivity contribution in [3.8, 4) is 0 Å². The molecule has 50 valence electrons. The second kappa shape index (κ2) is 15.8. The summed E-state index contributed by atoms with van der Waals surface area (Å²) in [4.78, 5) is 0. The van der Waals surface area contributed by atoms with Crippen LogP contribution in [0.3, 0.4) is 0 Å². The van der Waals surface area contributed by atoms with E-state index in [0.29, 0.717) is 0 Å². The van der Waals surface area contributed by atoms with Crippen molar-refractivity contribution in [1.82, 2.24) is 0 Å². The van der Waals surface area contributed by atoms with Crippen molar-refractivity contribution >= 4 is 11.6 Å². The molecule has 0 spiro atoms. The molecule has 2 nitrogen and oxygen atoms in total. The summed E-state index contributed by atoms with van der Waals surface area (Å²) in [6.45, 7) is 4.42. The summed E-state index contributed by atoms with van der Waals surface area (Å²) in [6.07, 6.45) is 4.08. The molecule has 0 unspecified atom stereocenters. The minimum Gasteiger partial charge on any atom is -0.168 e. The van der Waals surface area contributed by atoms with Crippen molar-refractivity contribution in [2.45, 2.75) is 33.1 Å². The van der Waals surface area contributed by atoms with Gasteiger partial charge in [0.25, 0.3) is 0 Å². The maximum atomic E-state index is 8.29. The highest BCUT2D eigenvalue weighted by Crippen LogP contribution is 1.88. The minimum absolute atomic E-state index is 0.750. The molecular weight excluding hydrogens is 124 g/mol. The Morgan fingerprint density at radius 3 is 1.38 bits per heavy atom. The second-order valence-corrected chi connectivity index (χ2v) is 1.56. The highest BCUT2D eigenvalue weighted by Gasteiger charge is 1.68. The molecule has 0 aliphatic carbocycles. The van der Waals surface area contributed by atoms with Crippen LogP contribution in [0.2, 0.25) is 0 Å². The van der Waals surface area contributed by atoms with Crippen LogP contribution in [0, 0.1) is 0 Å². The fourth-order valence-corrected chi connectivity index (χ4v) is 0.354. The van der Waals surface area contributed by atoms with Crippen LogP contribution >= 0.6 is 0 Å². The molecule has 0 aromatic rings. The van der Waals surface area contributed by atoms with E-state index in [1.54, 1.807) is 0 Å². The van der Waals surface area contributed by atoms with Crippen LogP contribution in [0.15, 0.2) is 0 Å². The van der Waals surface area contributed by atoms with Crippen LogP contribution in [-0.2, 0) is 11.6 Å². The normalized spacial score (nSPS) is 6.75. The molecule has 0 saturated carbocycles. The molecule has 8 heavy (non-hydrogen) atoms. The fraction of sp³-hybridized carbons (Fsp3) is 1.00. The van der Waals surface area contributed by atoms with E-state index in [0.717, 1.165) is 0 Å². The van der Waals surface area contributed by atoms with E-state index in [-0.39, 0.29) is 0 Å². The number of unbranched alkanes of at least 4 members (excludes halogenated alkanes) is 2. The quantitative estimate of drug-likeness (QED) is 0.577. The SMILES string of the molecule is CCCCC.O=S=O. The predicted molar refractivity (Wildman–Crippen MR) is 34.1 cm³/mol. The molecule has 0 aliphatic heterocycles. The lowest BCUT2D eigenvalue weighted by Gasteiger charge is -1.79. The highest BCUT2D eigenvalue weighted by atomic mass is 32.1. The Morgan fingerprint density at radius 1 is 1.12 bits per heavy atom. The van der Waals surface area contributed by atoms with Gasteiger partial charge in [-0.3, -0.25) is 0 Å². The Balaban J connectivity index is 0. The zero-order chi connectivity index (χ0) is 6.83. The van der Waals surface area contributed by atoms with Gasteiger partial charge in [0, 0.05) is 0 Å². The smallest absolute Gasteiger partial charge is 0.168 e. The third kappa shape index (κ3) is 40.8. The van der Waals surface area contributed by atoms with Gasteiger partial charge in [-0.25, -0.2) is 0 Å². The minimum atomic E-state index is -0.750. The Hall–Kier alpha value is -0.180. The standard InChI is InChI=1S/C5H12.O2S/c1-3-5-4-2;1-3-2/h3-5H2,1-2H3;. The lowest BCUT2D eigenvalue weighted by molar-refractivity contribution is 0.630. The van der Waals surface area contributed by atoms with E-state index in [2.05, 4.69) is 13.8 Å². The first-order valence-electron chi connectivity index (χ1n) is 2.75. The summed E-state index contributed by atoms with van der Waals surface area (Å²) < 4.78 is 16.6. The number of hydrogen-bond acceptors (Lipinski definition) is 2. The van der Waals surface area contributed by atoms with Crippen LogP contribution in [-0.4, -0.2) is 8.42 Å².